The van der Waals surface area contributed by atoms with E-state index in [2.05, 4.69) is 0 Å². The number of sulfone groups is 1. The molecule has 0 unspecified atom stereocenters. The molecule has 0 radical (unpaired) electrons. The third-order valence-electron chi connectivity index (χ3n) is 5.44. The molecule has 8 heteroatoms. The average molecular weight is 432 g/mol. The van der Waals surface area contributed by atoms with Crippen LogP contribution in [0.5, 0.6) is 0 Å². The van der Waals surface area contributed by atoms with E-state index >= 15 is 0 Å². The van der Waals surface area contributed by atoms with Gasteiger partial charge in [-0.3, -0.25) is 9.59 Å². The van der Waals surface area contributed by atoms with Crippen LogP contribution in [0.2, 0.25) is 0 Å². The van der Waals surface area contributed by atoms with Gasteiger partial charge in [-0.15, -0.1) is 11.3 Å². The smallest absolute Gasteiger partial charge is 0.290 e. The Morgan fingerprint density at radius 2 is 2.07 bits per heavy atom. The number of nitrogens with zero attached hydrogens (tertiary/aromatic N) is 1. The summed E-state index contributed by atoms with van der Waals surface area (Å²) in [6.45, 7) is 4.04. The van der Waals surface area contributed by atoms with E-state index in [0.29, 0.717) is 17.4 Å². The van der Waals surface area contributed by atoms with Gasteiger partial charge < -0.3 is 9.32 Å². The molecule has 0 bridgehead atoms. The number of amides is 1. The minimum absolute atomic E-state index is 0.0583. The molecule has 0 spiro atoms. The lowest BCUT2D eigenvalue weighted by molar-refractivity contribution is 0.0650. The van der Waals surface area contributed by atoms with Crippen molar-refractivity contribution < 1.29 is 17.6 Å². The SMILES string of the molecule is Cc1ccc2c(=O)cc(C(=O)N(Cc3cccs3)[C@@H]3CCS(=O)(=O)C3)oc2c1C. The van der Waals surface area contributed by atoms with Gasteiger partial charge in [0.15, 0.2) is 21.0 Å². The number of carbonyl (C=O) groups excluding carboxylic acids is 1. The fourth-order valence-electron chi connectivity index (χ4n) is 3.66. The van der Waals surface area contributed by atoms with Crippen LogP contribution in [-0.4, -0.2) is 36.8 Å². The molecule has 1 saturated heterocycles. The van der Waals surface area contributed by atoms with E-state index in [-0.39, 0.29) is 29.2 Å². The van der Waals surface area contributed by atoms with Crippen LogP contribution in [0.25, 0.3) is 11.0 Å². The lowest BCUT2D eigenvalue weighted by atomic mass is 10.1. The van der Waals surface area contributed by atoms with Crippen LogP contribution in [0.15, 0.2) is 44.9 Å². The highest BCUT2D eigenvalue weighted by Crippen LogP contribution is 2.26. The zero-order valence-corrected chi connectivity index (χ0v) is 17.8. The Morgan fingerprint density at radius 3 is 2.72 bits per heavy atom. The van der Waals surface area contributed by atoms with Gasteiger partial charge in [-0.05, 0) is 48.9 Å². The van der Waals surface area contributed by atoms with Crippen LogP contribution in [0.4, 0.5) is 0 Å². The fourth-order valence-corrected chi connectivity index (χ4v) is 6.09. The van der Waals surface area contributed by atoms with Gasteiger partial charge in [-0.1, -0.05) is 12.1 Å². The van der Waals surface area contributed by atoms with Crippen molar-refractivity contribution in [2.45, 2.75) is 32.9 Å². The number of benzene rings is 1. The Bertz CT molecular complexity index is 1240. The number of aryl methyl sites for hydroxylation is 2. The fraction of sp³-hybridized carbons (Fsp3) is 0.333. The molecule has 1 atom stereocenters. The van der Waals surface area contributed by atoms with E-state index in [4.69, 9.17) is 4.42 Å². The van der Waals surface area contributed by atoms with Crippen LogP contribution >= 0.6 is 11.3 Å². The Labute approximate surface area is 172 Å². The molecular weight excluding hydrogens is 410 g/mol. The second-order valence-electron chi connectivity index (χ2n) is 7.43. The minimum atomic E-state index is -3.17. The summed E-state index contributed by atoms with van der Waals surface area (Å²) in [5, 5.41) is 2.34. The maximum absolute atomic E-state index is 13.4. The normalized spacial score (nSPS) is 18.2. The molecule has 3 heterocycles. The second kappa shape index (κ2) is 7.42. The van der Waals surface area contributed by atoms with Gasteiger partial charge in [0.05, 0.1) is 23.4 Å². The van der Waals surface area contributed by atoms with Crippen molar-refractivity contribution in [2.24, 2.45) is 0 Å². The third kappa shape index (κ3) is 3.86. The van der Waals surface area contributed by atoms with E-state index in [0.717, 1.165) is 16.0 Å². The number of fused-ring (bicyclic) bond motifs is 1. The van der Waals surface area contributed by atoms with Crippen molar-refractivity contribution >= 4 is 38.1 Å². The summed E-state index contributed by atoms with van der Waals surface area (Å²) in [4.78, 5) is 28.4. The first kappa shape index (κ1) is 19.8. The van der Waals surface area contributed by atoms with Crippen LogP contribution in [-0.2, 0) is 16.4 Å². The van der Waals surface area contributed by atoms with Gasteiger partial charge in [0.25, 0.3) is 5.91 Å². The van der Waals surface area contributed by atoms with Crippen molar-refractivity contribution in [1.82, 2.24) is 4.90 Å². The van der Waals surface area contributed by atoms with Gasteiger partial charge in [0, 0.05) is 17.0 Å². The van der Waals surface area contributed by atoms with Crippen molar-refractivity contribution in [3.05, 3.63) is 67.7 Å². The maximum atomic E-state index is 13.4. The molecular formula is C21H21NO5S2. The number of rotatable bonds is 4. The van der Waals surface area contributed by atoms with Crippen molar-refractivity contribution in [3.63, 3.8) is 0 Å². The Hall–Kier alpha value is -2.45. The van der Waals surface area contributed by atoms with Gasteiger partial charge in [0.1, 0.15) is 5.58 Å². The Morgan fingerprint density at radius 1 is 1.28 bits per heavy atom. The highest BCUT2D eigenvalue weighted by atomic mass is 32.2. The van der Waals surface area contributed by atoms with Crippen LogP contribution < -0.4 is 5.43 Å². The van der Waals surface area contributed by atoms with E-state index in [1.165, 1.54) is 22.3 Å². The van der Waals surface area contributed by atoms with Crippen LogP contribution in [0.3, 0.4) is 0 Å². The predicted molar refractivity (Wildman–Crippen MR) is 113 cm³/mol. The molecule has 0 N–H and O–H groups in total. The molecule has 0 aliphatic carbocycles. The molecule has 29 heavy (non-hydrogen) atoms. The Kier molecular flexibility index (Phi) is 5.08. The Balaban J connectivity index is 1.77. The zero-order valence-electron chi connectivity index (χ0n) is 16.2. The molecule has 1 aromatic carbocycles. The molecule has 0 saturated carbocycles. The molecule has 6 nitrogen and oxygen atoms in total. The number of hydrogen-bond donors (Lipinski definition) is 0. The van der Waals surface area contributed by atoms with Crippen molar-refractivity contribution in [1.29, 1.82) is 0 Å². The summed E-state index contributed by atoms with van der Waals surface area (Å²) >= 11 is 1.50. The molecule has 4 rings (SSSR count). The van der Waals surface area contributed by atoms with Gasteiger partial charge in [0.2, 0.25) is 0 Å². The molecule has 1 amide bonds. The van der Waals surface area contributed by atoms with Crippen molar-refractivity contribution in [2.75, 3.05) is 11.5 Å². The molecule has 1 aliphatic rings. The summed E-state index contributed by atoms with van der Waals surface area (Å²) in [6, 6.07) is 8.11. The van der Waals surface area contributed by atoms with E-state index in [1.54, 1.807) is 6.07 Å². The standard InChI is InChI=1S/C21H21NO5S2/c1-13-5-6-17-18(23)10-19(27-20(17)14(13)2)21(24)22(11-16-4-3-8-28-16)15-7-9-29(25,26)12-15/h3-6,8,10,15H,7,9,11-12H2,1-2H3/t15-/m1/s1. The van der Waals surface area contributed by atoms with E-state index < -0.39 is 21.8 Å². The second-order valence-corrected chi connectivity index (χ2v) is 10.7. The molecule has 1 aliphatic heterocycles. The van der Waals surface area contributed by atoms with E-state index in [9.17, 15) is 18.0 Å². The number of carbonyl (C=O) groups is 1. The highest BCUT2D eigenvalue weighted by Gasteiger charge is 2.36. The minimum Gasteiger partial charge on any atom is -0.450 e. The summed E-state index contributed by atoms with van der Waals surface area (Å²) in [7, 11) is -3.17. The molecule has 3 aromatic rings. The molecule has 1 fully saturated rings. The topological polar surface area (TPSA) is 84.7 Å². The van der Waals surface area contributed by atoms with Crippen LogP contribution in [0, 0.1) is 13.8 Å². The zero-order chi connectivity index (χ0) is 20.8. The molecule has 2 aromatic heterocycles. The summed E-state index contributed by atoms with van der Waals surface area (Å²) in [5.74, 6) is -0.524. The highest BCUT2D eigenvalue weighted by molar-refractivity contribution is 7.91. The number of hydrogen-bond acceptors (Lipinski definition) is 6. The largest absolute Gasteiger partial charge is 0.450 e. The monoisotopic (exact) mass is 431 g/mol. The lowest BCUT2D eigenvalue weighted by Gasteiger charge is -2.27. The van der Waals surface area contributed by atoms with Gasteiger partial charge in [-0.2, -0.15) is 0 Å². The predicted octanol–water partition coefficient (Wildman–Crippen LogP) is 3.30. The summed E-state index contributed by atoms with van der Waals surface area (Å²) in [5.41, 5.74) is 1.88. The lowest BCUT2D eigenvalue weighted by Crippen LogP contribution is -2.40. The third-order valence-corrected chi connectivity index (χ3v) is 8.05. The molecule has 152 valence electrons. The average Bonchev–Trinajstić information content (AvgIpc) is 3.31. The van der Waals surface area contributed by atoms with Crippen LogP contribution in [0.1, 0.15) is 33.0 Å². The summed E-state index contributed by atoms with van der Waals surface area (Å²) < 4.78 is 29.9. The summed E-state index contributed by atoms with van der Waals surface area (Å²) in [6.07, 6.45) is 0.384. The first-order valence-corrected chi connectivity index (χ1v) is 12.0. The maximum Gasteiger partial charge on any atom is 0.290 e. The number of thiophene rings is 1. The first-order chi connectivity index (χ1) is 13.7. The quantitative estimate of drug-likeness (QED) is 0.633. The van der Waals surface area contributed by atoms with E-state index in [1.807, 2.05) is 37.4 Å². The van der Waals surface area contributed by atoms with Gasteiger partial charge in [-0.25, -0.2) is 8.42 Å². The first-order valence-electron chi connectivity index (χ1n) is 9.33. The van der Waals surface area contributed by atoms with Gasteiger partial charge >= 0.3 is 0 Å². The van der Waals surface area contributed by atoms with Crippen molar-refractivity contribution in [3.8, 4) is 0 Å².